The van der Waals surface area contributed by atoms with Crippen molar-refractivity contribution >= 4 is 15.9 Å². The maximum Gasteiger partial charge on any atom is 0.0207 e. The van der Waals surface area contributed by atoms with Crippen molar-refractivity contribution in [3.05, 3.63) is 33.8 Å². The summed E-state index contributed by atoms with van der Waals surface area (Å²) >= 11 is 3.60. The second kappa shape index (κ2) is 4.45. The van der Waals surface area contributed by atoms with Gasteiger partial charge in [0.25, 0.3) is 0 Å². The summed E-state index contributed by atoms with van der Waals surface area (Å²) in [5.41, 5.74) is 2.94. The van der Waals surface area contributed by atoms with Gasteiger partial charge in [0.1, 0.15) is 0 Å². The molecule has 14 heavy (non-hydrogen) atoms. The highest BCUT2D eigenvalue weighted by Crippen LogP contribution is 2.30. The fourth-order valence-electron chi connectivity index (χ4n) is 2.20. The molecule has 0 unspecified atom stereocenters. The number of halogens is 1. The molecule has 1 aliphatic heterocycles. The van der Waals surface area contributed by atoms with Gasteiger partial charge in [0.05, 0.1) is 0 Å². The third-order valence-corrected chi connectivity index (χ3v) is 3.95. The number of rotatable bonds is 1. The largest absolute Gasteiger partial charge is 0.317 e. The van der Waals surface area contributed by atoms with Gasteiger partial charge < -0.3 is 5.32 Å². The van der Waals surface area contributed by atoms with E-state index in [4.69, 9.17) is 0 Å². The minimum Gasteiger partial charge on any atom is -0.317 e. The first-order valence-corrected chi connectivity index (χ1v) is 6.04. The number of benzene rings is 1. The Morgan fingerprint density at radius 2 is 2.00 bits per heavy atom. The van der Waals surface area contributed by atoms with E-state index in [1.54, 1.807) is 0 Å². The first-order chi connectivity index (χ1) is 6.79. The number of hydrogen-bond donors (Lipinski definition) is 1. The molecule has 2 heteroatoms. The van der Waals surface area contributed by atoms with Gasteiger partial charge in [0.15, 0.2) is 0 Å². The van der Waals surface area contributed by atoms with Gasteiger partial charge in [0.2, 0.25) is 0 Å². The van der Waals surface area contributed by atoms with Crippen molar-refractivity contribution in [2.75, 3.05) is 13.1 Å². The monoisotopic (exact) mass is 253 g/mol. The van der Waals surface area contributed by atoms with Crippen LogP contribution >= 0.6 is 15.9 Å². The second-order valence-electron chi connectivity index (χ2n) is 3.98. The summed E-state index contributed by atoms with van der Waals surface area (Å²) < 4.78 is 1.24. The van der Waals surface area contributed by atoms with Crippen LogP contribution in [-0.4, -0.2) is 13.1 Å². The lowest BCUT2D eigenvalue weighted by Gasteiger charge is -2.24. The van der Waals surface area contributed by atoms with Crippen LogP contribution < -0.4 is 5.32 Å². The molecule has 0 aromatic heterocycles. The third kappa shape index (κ3) is 2.01. The molecule has 0 spiro atoms. The number of piperidine rings is 1. The highest BCUT2D eigenvalue weighted by Gasteiger charge is 2.17. The summed E-state index contributed by atoms with van der Waals surface area (Å²) in [6.07, 6.45) is 2.55. The molecule has 0 atom stereocenters. The average Bonchev–Trinajstić information content (AvgIpc) is 2.23. The van der Waals surface area contributed by atoms with Gasteiger partial charge in [-0.1, -0.05) is 28.1 Å². The smallest absolute Gasteiger partial charge is 0.0207 e. The normalized spacial score (nSPS) is 18.4. The van der Waals surface area contributed by atoms with Crippen LogP contribution in [0.1, 0.15) is 29.9 Å². The van der Waals surface area contributed by atoms with E-state index in [1.165, 1.54) is 28.4 Å². The molecular formula is C12H16BrN. The summed E-state index contributed by atoms with van der Waals surface area (Å²) in [5.74, 6) is 0.758. The van der Waals surface area contributed by atoms with Crippen molar-refractivity contribution in [1.82, 2.24) is 5.32 Å². The van der Waals surface area contributed by atoms with Gasteiger partial charge in [-0.25, -0.2) is 0 Å². The topological polar surface area (TPSA) is 12.0 Å². The molecule has 76 valence electrons. The zero-order valence-corrected chi connectivity index (χ0v) is 10.1. The van der Waals surface area contributed by atoms with Crippen LogP contribution in [0.15, 0.2) is 22.7 Å². The molecule has 1 aromatic rings. The lowest BCUT2D eigenvalue weighted by atomic mass is 9.88. The van der Waals surface area contributed by atoms with E-state index >= 15 is 0 Å². The summed E-state index contributed by atoms with van der Waals surface area (Å²) in [5, 5.41) is 3.41. The van der Waals surface area contributed by atoms with Crippen molar-refractivity contribution in [2.24, 2.45) is 0 Å². The zero-order valence-electron chi connectivity index (χ0n) is 8.52. The summed E-state index contributed by atoms with van der Waals surface area (Å²) in [6, 6.07) is 6.55. The molecule has 0 bridgehead atoms. The SMILES string of the molecule is Cc1c(Br)cccc1C1CCNCC1. The molecule has 1 heterocycles. The first kappa shape index (κ1) is 10.2. The lowest BCUT2D eigenvalue weighted by molar-refractivity contribution is 0.459. The molecule has 2 rings (SSSR count). The Labute approximate surface area is 94.0 Å². The average molecular weight is 254 g/mol. The molecule has 1 aromatic carbocycles. The van der Waals surface area contributed by atoms with Crippen LogP contribution in [0.5, 0.6) is 0 Å². The van der Waals surface area contributed by atoms with E-state index in [-0.39, 0.29) is 0 Å². The van der Waals surface area contributed by atoms with Gasteiger partial charge in [-0.05, 0) is 56.0 Å². The summed E-state index contributed by atoms with van der Waals surface area (Å²) in [7, 11) is 0. The zero-order chi connectivity index (χ0) is 9.97. The molecule has 0 radical (unpaired) electrons. The third-order valence-electron chi connectivity index (χ3n) is 3.09. The molecule has 0 saturated carbocycles. The maximum atomic E-state index is 3.60. The van der Waals surface area contributed by atoms with Gasteiger partial charge in [-0.15, -0.1) is 0 Å². The molecule has 1 nitrogen and oxygen atoms in total. The second-order valence-corrected chi connectivity index (χ2v) is 4.83. The molecule has 0 amide bonds. The Morgan fingerprint density at radius 3 is 2.71 bits per heavy atom. The number of hydrogen-bond acceptors (Lipinski definition) is 1. The Bertz CT molecular complexity index is 316. The molecule has 1 saturated heterocycles. The van der Waals surface area contributed by atoms with Crippen LogP contribution in [0.2, 0.25) is 0 Å². The predicted octanol–water partition coefficient (Wildman–Crippen LogP) is 3.22. The van der Waals surface area contributed by atoms with E-state index < -0.39 is 0 Å². The van der Waals surface area contributed by atoms with Gasteiger partial charge >= 0.3 is 0 Å². The van der Waals surface area contributed by atoms with Crippen LogP contribution in [0.25, 0.3) is 0 Å². The maximum absolute atomic E-state index is 3.60. The fraction of sp³-hybridized carbons (Fsp3) is 0.500. The quantitative estimate of drug-likeness (QED) is 0.811. The van der Waals surface area contributed by atoms with Crippen molar-refractivity contribution in [2.45, 2.75) is 25.7 Å². The molecule has 1 fully saturated rings. The van der Waals surface area contributed by atoms with Crippen molar-refractivity contribution in [3.63, 3.8) is 0 Å². The van der Waals surface area contributed by atoms with Crippen molar-refractivity contribution < 1.29 is 0 Å². The van der Waals surface area contributed by atoms with Crippen molar-refractivity contribution in [3.8, 4) is 0 Å². The molecular weight excluding hydrogens is 238 g/mol. The molecule has 0 aliphatic carbocycles. The fourth-order valence-corrected chi connectivity index (χ4v) is 2.58. The van der Waals surface area contributed by atoms with Crippen LogP contribution in [-0.2, 0) is 0 Å². The van der Waals surface area contributed by atoms with E-state index in [0.29, 0.717) is 0 Å². The van der Waals surface area contributed by atoms with Gasteiger partial charge in [-0.3, -0.25) is 0 Å². The summed E-state index contributed by atoms with van der Waals surface area (Å²) in [4.78, 5) is 0. The van der Waals surface area contributed by atoms with E-state index in [1.807, 2.05) is 0 Å². The van der Waals surface area contributed by atoms with Crippen LogP contribution in [0.4, 0.5) is 0 Å². The number of nitrogens with one attached hydrogen (secondary N) is 1. The first-order valence-electron chi connectivity index (χ1n) is 5.25. The summed E-state index contributed by atoms with van der Waals surface area (Å²) in [6.45, 7) is 4.54. The Balaban J connectivity index is 2.26. The van der Waals surface area contributed by atoms with Crippen LogP contribution in [0.3, 0.4) is 0 Å². The predicted molar refractivity (Wildman–Crippen MR) is 63.7 cm³/mol. The minimum absolute atomic E-state index is 0.758. The molecule has 1 N–H and O–H groups in total. The Morgan fingerprint density at radius 1 is 1.29 bits per heavy atom. The van der Waals surface area contributed by atoms with Crippen molar-refractivity contribution in [1.29, 1.82) is 0 Å². The van der Waals surface area contributed by atoms with Crippen LogP contribution in [0, 0.1) is 6.92 Å². The van der Waals surface area contributed by atoms with E-state index in [9.17, 15) is 0 Å². The van der Waals surface area contributed by atoms with E-state index in [0.717, 1.165) is 19.0 Å². The Hall–Kier alpha value is -0.340. The van der Waals surface area contributed by atoms with E-state index in [2.05, 4.69) is 46.4 Å². The highest BCUT2D eigenvalue weighted by molar-refractivity contribution is 9.10. The highest BCUT2D eigenvalue weighted by atomic mass is 79.9. The minimum atomic E-state index is 0.758. The van der Waals surface area contributed by atoms with Gasteiger partial charge in [0, 0.05) is 4.47 Å². The standard InChI is InChI=1S/C12H16BrN/c1-9-11(3-2-4-12(9)13)10-5-7-14-8-6-10/h2-4,10,14H,5-8H2,1H3. The lowest BCUT2D eigenvalue weighted by Crippen LogP contribution is -2.26. The van der Waals surface area contributed by atoms with Gasteiger partial charge in [-0.2, -0.15) is 0 Å². The molecule has 1 aliphatic rings. The Kier molecular flexibility index (Phi) is 3.24.